The highest BCUT2D eigenvalue weighted by Crippen LogP contribution is 2.48. The predicted molar refractivity (Wildman–Crippen MR) is 332 cm³/mol. The first-order valence-electron chi connectivity index (χ1n) is 27.5. The smallest absolute Gasteiger partial charge is 0.238 e. The molecule has 6 aromatic heterocycles. The molecular weight excluding hydrogens is 1000 g/mol. The van der Waals surface area contributed by atoms with Crippen molar-refractivity contribution in [2.24, 2.45) is 0 Å². The number of nitrogens with zero attached hydrogens (tertiary/aromatic N) is 10. The molecule has 82 heavy (non-hydrogen) atoms. The zero-order chi connectivity index (χ0) is 53.8. The van der Waals surface area contributed by atoms with E-state index in [1.807, 2.05) is 72.8 Å². The van der Waals surface area contributed by atoms with E-state index in [0.717, 1.165) is 121 Å². The minimum absolute atomic E-state index is 0.527. The molecule has 0 aliphatic carbocycles. The molecule has 382 valence electrons. The van der Waals surface area contributed by atoms with Gasteiger partial charge in [0.1, 0.15) is 0 Å². The standard InChI is InChI=1S/C72H44N10/c1-7-23-45(24-8-1)67-73-68(46-25-9-2-10-26-46)76-71(75-67)81-59-37-21-19-35-51(59)53-39-41-57-55-43-44-56-58-42-40-54-52-36-20-22-38-60(52)82(72-77-69(47-27-11-3-12-28-47)74-70(78-72)48-29-13-4-14-30-48)66(54)64(58)80(50-33-17-6-18-34-50)62(56)61(55)79(63(57)65(53)81)49-31-15-5-16-32-49/h1-44H. The van der Waals surface area contributed by atoms with E-state index >= 15 is 0 Å². The van der Waals surface area contributed by atoms with E-state index in [9.17, 15) is 0 Å². The van der Waals surface area contributed by atoms with Gasteiger partial charge in [-0.1, -0.05) is 231 Å². The fourth-order valence-corrected chi connectivity index (χ4v) is 12.5. The fourth-order valence-electron chi connectivity index (χ4n) is 12.5. The van der Waals surface area contributed by atoms with Crippen LogP contribution in [0.1, 0.15) is 0 Å². The molecule has 0 amide bonds. The molecule has 17 rings (SSSR count). The van der Waals surface area contributed by atoms with Crippen molar-refractivity contribution in [3.63, 3.8) is 0 Å². The highest BCUT2D eigenvalue weighted by atomic mass is 15.2. The Morgan fingerprint density at radius 1 is 0.183 bits per heavy atom. The molecular formula is C72H44N10. The van der Waals surface area contributed by atoms with Gasteiger partial charge in [-0.15, -0.1) is 0 Å². The van der Waals surface area contributed by atoms with E-state index in [4.69, 9.17) is 29.9 Å². The number of hydrogen-bond acceptors (Lipinski definition) is 6. The molecule has 17 aromatic rings. The minimum atomic E-state index is 0.527. The van der Waals surface area contributed by atoms with Crippen LogP contribution in [0.25, 0.3) is 156 Å². The van der Waals surface area contributed by atoms with Crippen LogP contribution in [0.15, 0.2) is 267 Å². The zero-order valence-corrected chi connectivity index (χ0v) is 43.9. The maximum atomic E-state index is 5.40. The van der Waals surface area contributed by atoms with Crippen LogP contribution in [0.3, 0.4) is 0 Å². The van der Waals surface area contributed by atoms with Crippen molar-refractivity contribution in [3.05, 3.63) is 267 Å². The van der Waals surface area contributed by atoms with Crippen LogP contribution in [0, 0.1) is 0 Å². The Hall–Kier alpha value is -11.4. The molecule has 11 aromatic carbocycles. The summed E-state index contributed by atoms with van der Waals surface area (Å²) >= 11 is 0. The molecule has 0 saturated heterocycles. The summed E-state index contributed by atoms with van der Waals surface area (Å²) in [5.74, 6) is 3.42. The molecule has 0 N–H and O–H groups in total. The SMILES string of the molecule is c1ccc(-c2nc(-c3ccccc3)nc(-n3c4ccccc4c4ccc5c6ccc7c8ccc9c%10ccccc%10n(-c%10nc(-c%11ccccc%11)nc(-c%11ccccc%11)n%10)c9c8n(-c8ccccc8)c7c6n(-c6ccccc6)c5c43)n2)cc1. The maximum Gasteiger partial charge on any atom is 0.238 e. The van der Waals surface area contributed by atoms with Crippen molar-refractivity contribution >= 4 is 87.2 Å². The predicted octanol–water partition coefficient (Wildman–Crippen LogP) is 17.1. The van der Waals surface area contributed by atoms with Crippen LogP contribution >= 0.6 is 0 Å². The molecule has 6 heterocycles. The van der Waals surface area contributed by atoms with E-state index < -0.39 is 0 Å². The van der Waals surface area contributed by atoms with Gasteiger partial charge in [0.2, 0.25) is 11.9 Å². The first kappa shape index (κ1) is 45.6. The van der Waals surface area contributed by atoms with Crippen LogP contribution in [0.4, 0.5) is 0 Å². The van der Waals surface area contributed by atoms with Crippen LogP contribution in [-0.2, 0) is 0 Å². The van der Waals surface area contributed by atoms with Gasteiger partial charge in [0, 0.05) is 76.7 Å². The summed E-state index contributed by atoms with van der Waals surface area (Å²) in [5.41, 5.74) is 13.8. The number of hydrogen-bond donors (Lipinski definition) is 0. The molecule has 0 aliphatic rings. The van der Waals surface area contributed by atoms with Gasteiger partial charge in [-0.2, -0.15) is 19.9 Å². The molecule has 10 heteroatoms. The minimum Gasteiger partial charge on any atom is -0.305 e. The lowest BCUT2D eigenvalue weighted by molar-refractivity contribution is 0.953. The molecule has 10 nitrogen and oxygen atoms in total. The summed E-state index contributed by atoms with van der Waals surface area (Å²) in [5, 5.41) is 8.74. The lowest BCUT2D eigenvalue weighted by atomic mass is 10.1. The number of aromatic nitrogens is 10. The van der Waals surface area contributed by atoms with Gasteiger partial charge in [-0.05, 0) is 36.4 Å². The third-order valence-corrected chi connectivity index (χ3v) is 16.0. The molecule has 0 bridgehead atoms. The maximum absolute atomic E-state index is 5.40. The van der Waals surface area contributed by atoms with E-state index in [2.05, 4.69) is 212 Å². The Kier molecular flexibility index (Phi) is 10.1. The molecule has 0 radical (unpaired) electrons. The van der Waals surface area contributed by atoms with E-state index in [1.165, 1.54) is 0 Å². The van der Waals surface area contributed by atoms with Crippen molar-refractivity contribution < 1.29 is 0 Å². The first-order valence-corrected chi connectivity index (χ1v) is 27.5. The molecule has 0 saturated carbocycles. The molecule has 0 unspecified atom stereocenters. The first-order chi connectivity index (χ1) is 40.7. The van der Waals surface area contributed by atoms with Crippen LogP contribution in [0.2, 0.25) is 0 Å². The molecule has 0 fully saturated rings. The number of para-hydroxylation sites is 4. The zero-order valence-electron chi connectivity index (χ0n) is 43.9. The van der Waals surface area contributed by atoms with Gasteiger partial charge in [-0.25, -0.2) is 9.97 Å². The van der Waals surface area contributed by atoms with Crippen LogP contribution in [0.5, 0.6) is 0 Å². The van der Waals surface area contributed by atoms with Crippen LogP contribution in [-0.4, -0.2) is 48.2 Å². The lowest BCUT2D eigenvalue weighted by Gasteiger charge is -2.15. The van der Waals surface area contributed by atoms with Crippen molar-refractivity contribution in [2.75, 3.05) is 0 Å². The van der Waals surface area contributed by atoms with Gasteiger partial charge in [0.25, 0.3) is 0 Å². The molecule has 0 atom stereocenters. The van der Waals surface area contributed by atoms with Crippen molar-refractivity contribution in [1.29, 1.82) is 0 Å². The highest BCUT2D eigenvalue weighted by molar-refractivity contribution is 6.31. The largest absolute Gasteiger partial charge is 0.305 e. The van der Waals surface area contributed by atoms with E-state index in [1.54, 1.807) is 0 Å². The molecule has 0 spiro atoms. The van der Waals surface area contributed by atoms with Crippen molar-refractivity contribution in [1.82, 2.24) is 48.2 Å². The Morgan fingerprint density at radius 2 is 0.415 bits per heavy atom. The van der Waals surface area contributed by atoms with Gasteiger partial charge in [-0.3, -0.25) is 9.13 Å². The van der Waals surface area contributed by atoms with Gasteiger partial charge in [0.15, 0.2) is 23.3 Å². The summed E-state index contributed by atoms with van der Waals surface area (Å²) in [6.07, 6.45) is 0. The third-order valence-electron chi connectivity index (χ3n) is 16.0. The van der Waals surface area contributed by atoms with Crippen LogP contribution < -0.4 is 0 Å². The summed E-state index contributed by atoms with van der Waals surface area (Å²) in [6.45, 7) is 0. The summed E-state index contributed by atoms with van der Waals surface area (Å²) in [6, 6.07) is 93.4. The van der Waals surface area contributed by atoms with Crippen molar-refractivity contribution in [2.45, 2.75) is 0 Å². The lowest BCUT2D eigenvalue weighted by Crippen LogP contribution is -2.07. The fraction of sp³-hybridized carbons (Fsp3) is 0. The van der Waals surface area contributed by atoms with Crippen molar-refractivity contribution in [3.8, 4) is 68.8 Å². The number of benzene rings is 11. The second-order valence-corrected chi connectivity index (χ2v) is 20.7. The van der Waals surface area contributed by atoms with E-state index in [0.29, 0.717) is 35.2 Å². The average Bonchev–Trinajstić information content (AvgIpc) is 2.15. The Morgan fingerprint density at radius 3 is 0.707 bits per heavy atom. The molecule has 0 aliphatic heterocycles. The second kappa shape index (κ2) is 18.1. The number of fused-ring (bicyclic) bond motifs is 15. The Bertz CT molecular complexity index is 4910. The van der Waals surface area contributed by atoms with Gasteiger partial charge >= 0.3 is 0 Å². The second-order valence-electron chi connectivity index (χ2n) is 20.7. The highest BCUT2D eigenvalue weighted by Gasteiger charge is 2.29. The Labute approximate surface area is 468 Å². The summed E-state index contributed by atoms with van der Waals surface area (Å²) < 4.78 is 9.49. The topological polar surface area (TPSA) is 97.1 Å². The summed E-state index contributed by atoms with van der Waals surface area (Å²) in [7, 11) is 0. The van der Waals surface area contributed by atoms with E-state index in [-0.39, 0.29) is 0 Å². The normalized spacial score (nSPS) is 11.9. The quantitative estimate of drug-likeness (QED) is 0.150. The Balaban J connectivity index is 1.05. The van der Waals surface area contributed by atoms with Gasteiger partial charge in [0.05, 0.1) is 44.1 Å². The summed E-state index contributed by atoms with van der Waals surface area (Å²) in [4.78, 5) is 31.9. The third kappa shape index (κ3) is 6.88. The number of rotatable bonds is 8. The monoisotopic (exact) mass is 1050 g/mol. The average molecular weight is 1050 g/mol. The van der Waals surface area contributed by atoms with Gasteiger partial charge < -0.3 is 9.13 Å².